The minimum atomic E-state index is -0.982. The predicted molar refractivity (Wildman–Crippen MR) is 164 cm³/mol. The van der Waals surface area contributed by atoms with Gasteiger partial charge in [0.1, 0.15) is 23.6 Å². The fraction of sp³-hybridized carbons (Fsp3) is 0.407. The molecule has 0 radical (unpaired) electrons. The topological polar surface area (TPSA) is 158 Å². The van der Waals surface area contributed by atoms with Gasteiger partial charge in [-0.2, -0.15) is 0 Å². The molecule has 0 saturated heterocycles. The number of carbonyl (C=O) groups excluding carboxylic acids is 3. The molecule has 2 aromatic rings. The number of likely N-dealkylation sites (N-methyl/N-ethyl adjacent to an activating group) is 1. The number of aliphatic hydroxyl groups excluding tert-OH is 1. The molecule has 0 aliphatic carbocycles. The van der Waals surface area contributed by atoms with Crippen LogP contribution in [0.5, 0.6) is 11.5 Å². The van der Waals surface area contributed by atoms with E-state index in [-0.39, 0.29) is 41.3 Å². The first kappa shape index (κ1) is 32.8. The first-order valence-corrected chi connectivity index (χ1v) is 14.6. The number of ketones is 1. The Labute approximate surface area is 254 Å². The number of ether oxygens (including phenoxy) is 1. The Kier molecular flexibility index (Phi) is 12.9. The van der Waals surface area contributed by atoms with Crippen LogP contribution in [0, 0.1) is 7.14 Å². The second-order valence-corrected chi connectivity index (χ2v) is 11.3. The fourth-order valence-electron chi connectivity index (χ4n) is 3.66. The van der Waals surface area contributed by atoms with Crippen molar-refractivity contribution in [3.8, 4) is 11.5 Å². The summed E-state index contributed by atoms with van der Waals surface area (Å²) in [5, 5.41) is 34.5. The summed E-state index contributed by atoms with van der Waals surface area (Å²) in [5.74, 6) is -0.682. The van der Waals surface area contributed by atoms with Crippen LogP contribution in [0.4, 0.5) is 0 Å². The van der Waals surface area contributed by atoms with Crippen LogP contribution in [0.15, 0.2) is 41.4 Å². The highest BCUT2D eigenvalue weighted by molar-refractivity contribution is 14.1. The van der Waals surface area contributed by atoms with Gasteiger partial charge in [-0.15, -0.1) is 0 Å². The quantitative estimate of drug-likeness (QED) is 0.245. The van der Waals surface area contributed by atoms with Gasteiger partial charge in [0, 0.05) is 20.1 Å². The fourth-order valence-corrected chi connectivity index (χ4v) is 4.61. The van der Waals surface area contributed by atoms with E-state index in [0.717, 1.165) is 7.14 Å². The molecule has 0 spiro atoms. The molecule has 3 rings (SSSR count). The predicted octanol–water partition coefficient (Wildman–Crippen LogP) is 3.51. The number of phenolic OH excluding ortho intramolecular Hbond substituents is 2. The van der Waals surface area contributed by atoms with Crippen molar-refractivity contribution in [1.29, 1.82) is 0 Å². The Morgan fingerprint density at radius 3 is 2.21 bits per heavy atom. The van der Waals surface area contributed by atoms with E-state index in [9.17, 15) is 29.7 Å². The number of benzene rings is 2. The van der Waals surface area contributed by atoms with E-state index in [4.69, 9.17) is 4.74 Å². The zero-order valence-corrected chi connectivity index (χ0v) is 26.4. The zero-order chi connectivity index (χ0) is 29.3. The van der Waals surface area contributed by atoms with Gasteiger partial charge in [-0.05, 0) is 109 Å². The maximum Gasteiger partial charge on any atom is 0.255 e. The van der Waals surface area contributed by atoms with Crippen LogP contribution in [-0.4, -0.2) is 69.7 Å². The largest absolute Gasteiger partial charge is 0.507 e. The molecule has 212 valence electrons. The van der Waals surface area contributed by atoms with E-state index in [1.54, 1.807) is 25.1 Å². The molecule has 10 nitrogen and oxygen atoms in total. The highest BCUT2D eigenvalue weighted by Gasteiger charge is 2.34. The maximum atomic E-state index is 12.1. The number of hydrogen-bond donors (Lipinski definition) is 5. The van der Waals surface area contributed by atoms with Gasteiger partial charge in [-0.3, -0.25) is 14.4 Å². The van der Waals surface area contributed by atoms with E-state index < -0.39 is 24.1 Å². The average molecular weight is 765 g/mol. The number of nitrogens with one attached hydrogen (secondary N) is 2. The van der Waals surface area contributed by atoms with Crippen LogP contribution in [0.2, 0.25) is 0 Å². The highest BCUT2D eigenvalue weighted by atomic mass is 127. The third-order valence-electron chi connectivity index (χ3n) is 5.63. The number of aromatic hydroxyl groups is 2. The molecule has 2 aromatic carbocycles. The molecular weight excluding hydrogens is 732 g/mol. The highest BCUT2D eigenvalue weighted by Crippen LogP contribution is 2.26. The molecule has 39 heavy (non-hydrogen) atoms. The van der Waals surface area contributed by atoms with Crippen molar-refractivity contribution in [1.82, 2.24) is 10.6 Å². The first-order valence-electron chi connectivity index (χ1n) is 12.4. The van der Waals surface area contributed by atoms with Crippen LogP contribution < -0.4 is 10.6 Å². The second-order valence-electron chi connectivity index (χ2n) is 8.83. The zero-order valence-electron chi connectivity index (χ0n) is 22.1. The molecule has 0 unspecified atom stereocenters. The van der Waals surface area contributed by atoms with Crippen molar-refractivity contribution >= 4 is 68.7 Å². The van der Waals surface area contributed by atoms with E-state index in [0.29, 0.717) is 24.4 Å². The van der Waals surface area contributed by atoms with Crippen molar-refractivity contribution in [2.45, 2.75) is 64.8 Å². The number of phenols is 2. The summed E-state index contributed by atoms with van der Waals surface area (Å²) in [6.45, 7) is 7.51. The van der Waals surface area contributed by atoms with E-state index in [1.165, 1.54) is 19.1 Å². The van der Waals surface area contributed by atoms with Crippen molar-refractivity contribution in [2.75, 3.05) is 6.54 Å². The van der Waals surface area contributed by atoms with Gasteiger partial charge in [0.25, 0.3) is 5.91 Å². The number of amides is 2. The summed E-state index contributed by atoms with van der Waals surface area (Å²) in [5.41, 5.74) is 0.597. The van der Waals surface area contributed by atoms with Crippen molar-refractivity contribution in [3.05, 3.63) is 54.7 Å². The first-order chi connectivity index (χ1) is 18.4. The van der Waals surface area contributed by atoms with Crippen LogP contribution >= 0.6 is 45.2 Å². The van der Waals surface area contributed by atoms with Crippen molar-refractivity contribution in [3.63, 3.8) is 0 Å². The van der Waals surface area contributed by atoms with Crippen LogP contribution in [0.25, 0.3) is 0 Å². The lowest BCUT2D eigenvalue weighted by Gasteiger charge is -2.20. The molecule has 1 heterocycles. The molecule has 5 N–H and O–H groups in total. The van der Waals surface area contributed by atoms with E-state index in [2.05, 4.69) is 38.2 Å². The van der Waals surface area contributed by atoms with Gasteiger partial charge in [-0.1, -0.05) is 6.92 Å². The van der Waals surface area contributed by atoms with Gasteiger partial charge in [0.05, 0.1) is 17.2 Å². The van der Waals surface area contributed by atoms with Gasteiger partial charge < -0.3 is 30.7 Å². The monoisotopic (exact) mass is 765 g/mol. The minimum absolute atomic E-state index is 0.0837. The van der Waals surface area contributed by atoms with Crippen LogP contribution in [0.1, 0.15) is 56.5 Å². The second kappa shape index (κ2) is 15.4. The summed E-state index contributed by atoms with van der Waals surface area (Å²) in [6.07, 6.45) is -0.384. The van der Waals surface area contributed by atoms with Gasteiger partial charge >= 0.3 is 0 Å². The van der Waals surface area contributed by atoms with Gasteiger partial charge in [-0.25, -0.2) is 4.99 Å². The molecular formula is C27H33I2N3O7. The molecule has 1 aliphatic heterocycles. The average Bonchev–Trinajstić information content (AvgIpc) is 3.24. The van der Waals surface area contributed by atoms with E-state index in [1.807, 2.05) is 42.5 Å². The summed E-state index contributed by atoms with van der Waals surface area (Å²) < 4.78 is 7.29. The molecule has 0 fully saturated rings. The minimum Gasteiger partial charge on any atom is -0.507 e. The SMILES string of the molecule is CCCC(=O)[C@@H](NC(=O)c1ccc(I)cc1O)[C@@H](C)O.CCNC(=O)[C@H]1N=C(c2ccc(I)cc2O)O[C@H]1C. The summed E-state index contributed by atoms with van der Waals surface area (Å²) in [4.78, 5) is 40.0. The molecule has 1 aliphatic rings. The standard InChI is InChI=1S/C14H18INO4.C13H15IN2O3/c1-3-4-11(18)13(8(2)17)16-14(20)10-6-5-9(15)7-12(10)19;1-3-15-12(18)11-7(2)19-13(16-11)9-5-4-8(14)6-10(9)17/h5-8,13,17,19H,3-4H2,1-2H3,(H,16,20);4-7,11,17H,3H2,1-2H3,(H,15,18)/t8-,13+;7-,11-/m10/s1. The molecule has 0 saturated carbocycles. The molecule has 12 heteroatoms. The number of halogens is 2. The smallest absolute Gasteiger partial charge is 0.255 e. The number of hydrogen-bond acceptors (Lipinski definition) is 8. The third-order valence-corrected chi connectivity index (χ3v) is 6.97. The Morgan fingerprint density at radius 1 is 1.05 bits per heavy atom. The van der Waals surface area contributed by atoms with E-state index >= 15 is 0 Å². The Morgan fingerprint density at radius 2 is 1.67 bits per heavy atom. The van der Waals surface area contributed by atoms with Crippen molar-refractivity contribution in [2.24, 2.45) is 4.99 Å². The summed E-state index contributed by atoms with van der Waals surface area (Å²) in [7, 11) is 0. The maximum absolute atomic E-state index is 12.1. The normalized spacial score (nSPS) is 17.6. The molecule has 0 aromatic heterocycles. The Hall–Kier alpha value is -2.46. The lowest BCUT2D eigenvalue weighted by atomic mass is 10.0. The number of Topliss-reactive ketones (excluding diaryl/α,β-unsaturated/α-hetero) is 1. The Balaban J connectivity index is 0.000000274. The summed E-state index contributed by atoms with van der Waals surface area (Å²) >= 11 is 4.13. The Bertz CT molecular complexity index is 1220. The van der Waals surface area contributed by atoms with Crippen LogP contribution in [0.3, 0.4) is 0 Å². The summed E-state index contributed by atoms with van der Waals surface area (Å²) in [6, 6.07) is 8.33. The lowest BCUT2D eigenvalue weighted by Crippen LogP contribution is -2.47. The molecule has 2 amide bonds. The number of rotatable bonds is 9. The van der Waals surface area contributed by atoms with Gasteiger partial charge in [0.15, 0.2) is 11.8 Å². The number of aliphatic imine (C=N–C) groups is 1. The third kappa shape index (κ3) is 9.31. The van der Waals surface area contributed by atoms with Crippen molar-refractivity contribution < 1.29 is 34.4 Å². The van der Waals surface area contributed by atoms with Gasteiger partial charge in [0.2, 0.25) is 11.8 Å². The number of aliphatic hydroxyl groups is 1. The molecule has 0 bridgehead atoms. The van der Waals surface area contributed by atoms with Crippen LogP contribution in [-0.2, 0) is 14.3 Å². The lowest BCUT2D eigenvalue weighted by molar-refractivity contribution is -0.124. The molecule has 4 atom stereocenters. The number of carbonyl (C=O) groups is 3. The number of nitrogens with zero attached hydrogens (tertiary/aromatic N) is 1.